The molecule has 0 aliphatic rings. The number of ether oxygens (including phenoxy) is 4. The van der Waals surface area contributed by atoms with Crippen molar-refractivity contribution in [3.05, 3.63) is 34.9 Å². The molecule has 0 heterocycles. The quantitative estimate of drug-likeness (QED) is 0.280. The van der Waals surface area contributed by atoms with Crippen LogP contribution >= 0.6 is 0 Å². The van der Waals surface area contributed by atoms with Crippen LogP contribution in [0.4, 0.5) is 0 Å². The predicted octanol–water partition coefficient (Wildman–Crippen LogP) is 3.85. The van der Waals surface area contributed by atoms with Crippen molar-refractivity contribution in [3.63, 3.8) is 0 Å². The van der Waals surface area contributed by atoms with Gasteiger partial charge in [-0.25, -0.2) is 4.79 Å². The van der Waals surface area contributed by atoms with Crippen LogP contribution in [0.15, 0.2) is 18.2 Å². The van der Waals surface area contributed by atoms with Crippen LogP contribution in [0, 0.1) is 0 Å². The number of aliphatic hydroxyl groups excluding tert-OH is 1. The van der Waals surface area contributed by atoms with Crippen LogP contribution in [-0.2, 0) is 32.0 Å². The summed E-state index contributed by atoms with van der Waals surface area (Å²) in [6.45, 7) is 5.46. The molecule has 2 N–H and O–H groups in total. The van der Waals surface area contributed by atoms with Crippen LogP contribution in [0.5, 0.6) is 0 Å². The first-order valence-electron chi connectivity index (χ1n) is 11.5. The summed E-state index contributed by atoms with van der Waals surface area (Å²) in [7, 11) is 0. The van der Waals surface area contributed by atoms with Gasteiger partial charge in [-0.05, 0) is 30.0 Å². The van der Waals surface area contributed by atoms with Crippen molar-refractivity contribution in [2.24, 2.45) is 0 Å². The molecule has 178 valence electrons. The van der Waals surface area contributed by atoms with Gasteiger partial charge in [-0.3, -0.25) is 0 Å². The van der Waals surface area contributed by atoms with Gasteiger partial charge in [0.1, 0.15) is 0 Å². The lowest BCUT2D eigenvalue weighted by molar-refractivity contribution is -0.00751. The molecule has 0 aliphatic heterocycles. The van der Waals surface area contributed by atoms with Gasteiger partial charge < -0.3 is 29.2 Å². The second kappa shape index (κ2) is 19.2. The van der Waals surface area contributed by atoms with Crippen molar-refractivity contribution >= 4 is 5.97 Å². The fourth-order valence-corrected chi connectivity index (χ4v) is 3.15. The average molecular weight is 441 g/mol. The number of aromatic carboxylic acids is 1. The number of aliphatic hydroxyl groups is 1. The molecule has 0 radical (unpaired) electrons. The largest absolute Gasteiger partial charge is 0.478 e. The monoisotopic (exact) mass is 440 g/mol. The summed E-state index contributed by atoms with van der Waals surface area (Å²) in [5.74, 6) is -0.930. The Kier molecular flexibility index (Phi) is 17.0. The molecule has 0 saturated heterocycles. The molecule has 0 bridgehead atoms. The smallest absolute Gasteiger partial charge is 0.336 e. The minimum absolute atomic E-state index is 0.0144. The van der Waals surface area contributed by atoms with Crippen molar-refractivity contribution in [3.8, 4) is 0 Å². The predicted molar refractivity (Wildman–Crippen MR) is 120 cm³/mol. The SMILES string of the molecule is CCCCCCCCc1ccc(C(=O)O)c(COCCOCCOCCOCCO)c1. The summed E-state index contributed by atoms with van der Waals surface area (Å²) in [4.78, 5) is 11.5. The molecule has 0 atom stereocenters. The first-order chi connectivity index (χ1) is 15.2. The molecule has 0 saturated carbocycles. The molecule has 0 fully saturated rings. The van der Waals surface area contributed by atoms with E-state index in [0.29, 0.717) is 57.4 Å². The van der Waals surface area contributed by atoms with Gasteiger partial charge in [0.15, 0.2) is 0 Å². The Labute approximate surface area is 186 Å². The van der Waals surface area contributed by atoms with Crippen LogP contribution in [-0.4, -0.2) is 69.0 Å². The molecule has 0 aromatic heterocycles. The van der Waals surface area contributed by atoms with Crippen LogP contribution < -0.4 is 0 Å². The van der Waals surface area contributed by atoms with Crippen LogP contribution in [0.2, 0.25) is 0 Å². The summed E-state index contributed by atoms with van der Waals surface area (Å²) < 4.78 is 21.5. The lowest BCUT2D eigenvalue weighted by Gasteiger charge is -2.11. The van der Waals surface area contributed by atoms with Gasteiger partial charge in [0.05, 0.1) is 65.0 Å². The third-order valence-corrected chi connectivity index (χ3v) is 4.83. The van der Waals surface area contributed by atoms with Crippen LogP contribution in [0.25, 0.3) is 0 Å². The Morgan fingerprint density at radius 3 is 2.00 bits per heavy atom. The van der Waals surface area contributed by atoms with Crippen molar-refractivity contribution in [2.45, 2.75) is 58.5 Å². The highest BCUT2D eigenvalue weighted by atomic mass is 16.6. The Bertz CT molecular complexity index is 577. The Morgan fingerprint density at radius 2 is 1.39 bits per heavy atom. The molecule has 7 heteroatoms. The van der Waals surface area contributed by atoms with Crippen LogP contribution in [0.1, 0.15) is 66.9 Å². The molecule has 0 unspecified atom stereocenters. The minimum Gasteiger partial charge on any atom is -0.478 e. The van der Waals surface area contributed by atoms with E-state index in [-0.39, 0.29) is 13.2 Å². The maximum atomic E-state index is 11.5. The summed E-state index contributed by atoms with van der Waals surface area (Å²) in [6.07, 6.45) is 8.41. The molecule has 1 aromatic rings. The molecule has 0 aliphatic carbocycles. The molecular formula is C24H40O7. The number of hydrogen-bond donors (Lipinski definition) is 2. The Morgan fingerprint density at radius 1 is 0.806 bits per heavy atom. The number of carboxylic acids is 1. The normalized spacial score (nSPS) is 11.2. The van der Waals surface area contributed by atoms with Gasteiger partial charge in [-0.15, -0.1) is 0 Å². The maximum Gasteiger partial charge on any atom is 0.336 e. The van der Waals surface area contributed by atoms with Gasteiger partial charge in [-0.1, -0.05) is 51.2 Å². The van der Waals surface area contributed by atoms with Crippen molar-refractivity contribution in [1.82, 2.24) is 0 Å². The zero-order valence-corrected chi connectivity index (χ0v) is 19.0. The van der Waals surface area contributed by atoms with E-state index in [4.69, 9.17) is 24.1 Å². The summed E-state index contributed by atoms with van der Waals surface area (Å²) >= 11 is 0. The number of carbonyl (C=O) groups is 1. The highest BCUT2D eigenvalue weighted by Crippen LogP contribution is 2.16. The molecule has 1 rings (SSSR count). The van der Waals surface area contributed by atoms with E-state index in [0.717, 1.165) is 18.4 Å². The average Bonchev–Trinajstić information content (AvgIpc) is 2.77. The highest BCUT2D eigenvalue weighted by Gasteiger charge is 2.11. The standard InChI is InChI=1S/C24H40O7/c1-2-3-4-5-6-7-8-21-9-10-23(24(26)27)22(19-21)20-31-18-17-30-16-15-29-14-13-28-12-11-25/h9-10,19,25H,2-8,11-18,20H2,1H3,(H,26,27). The van der Waals surface area contributed by atoms with Gasteiger partial charge in [-0.2, -0.15) is 0 Å². The number of aryl methyl sites for hydroxylation is 1. The van der Waals surface area contributed by atoms with Crippen molar-refractivity contribution < 1.29 is 34.0 Å². The molecule has 7 nitrogen and oxygen atoms in total. The van der Waals surface area contributed by atoms with E-state index in [2.05, 4.69) is 6.92 Å². The second-order valence-electron chi connectivity index (χ2n) is 7.43. The third kappa shape index (κ3) is 14.2. The van der Waals surface area contributed by atoms with Crippen molar-refractivity contribution in [1.29, 1.82) is 0 Å². The second-order valence-corrected chi connectivity index (χ2v) is 7.43. The lowest BCUT2D eigenvalue weighted by Crippen LogP contribution is -2.13. The first-order valence-corrected chi connectivity index (χ1v) is 11.5. The summed E-state index contributed by atoms with van der Waals surface area (Å²) in [5.41, 5.74) is 2.17. The number of carboxylic acid groups (broad SMARTS) is 1. The molecule has 1 aromatic carbocycles. The lowest BCUT2D eigenvalue weighted by atomic mass is 10.00. The maximum absolute atomic E-state index is 11.5. The minimum atomic E-state index is -0.930. The Balaban J connectivity index is 2.22. The van der Waals surface area contributed by atoms with Gasteiger partial charge >= 0.3 is 5.97 Å². The fraction of sp³-hybridized carbons (Fsp3) is 0.708. The van der Waals surface area contributed by atoms with E-state index in [1.807, 2.05) is 12.1 Å². The van der Waals surface area contributed by atoms with E-state index in [1.165, 1.54) is 32.1 Å². The van der Waals surface area contributed by atoms with Crippen molar-refractivity contribution in [2.75, 3.05) is 52.9 Å². The molecular weight excluding hydrogens is 400 g/mol. The van der Waals surface area contributed by atoms with E-state index < -0.39 is 5.97 Å². The highest BCUT2D eigenvalue weighted by molar-refractivity contribution is 5.89. The topological polar surface area (TPSA) is 94.5 Å². The number of rotatable bonds is 21. The summed E-state index contributed by atoms with van der Waals surface area (Å²) in [5, 5.41) is 18.0. The number of hydrogen-bond acceptors (Lipinski definition) is 6. The third-order valence-electron chi connectivity index (χ3n) is 4.83. The fourth-order valence-electron chi connectivity index (χ4n) is 3.15. The molecule has 0 spiro atoms. The van der Waals surface area contributed by atoms with E-state index >= 15 is 0 Å². The number of unbranched alkanes of at least 4 members (excludes halogenated alkanes) is 5. The van der Waals surface area contributed by atoms with E-state index in [9.17, 15) is 9.90 Å². The van der Waals surface area contributed by atoms with Crippen LogP contribution in [0.3, 0.4) is 0 Å². The van der Waals surface area contributed by atoms with Gasteiger partial charge in [0.2, 0.25) is 0 Å². The first kappa shape index (κ1) is 27.5. The van der Waals surface area contributed by atoms with Gasteiger partial charge in [0, 0.05) is 0 Å². The zero-order valence-electron chi connectivity index (χ0n) is 19.0. The number of benzene rings is 1. The molecule has 0 amide bonds. The molecule has 31 heavy (non-hydrogen) atoms. The summed E-state index contributed by atoms with van der Waals surface area (Å²) in [6, 6.07) is 5.56. The zero-order chi connectivity index (χ0) is 22.6. The Hall–Kier alpha value is -1.51. The van der Waals surface area contributed by atoms with E-state index in [1.54, 1.807) is 6.07 Å². The van der Waals surface area contributed by atoms with Gasteiger partial charge in [0.25, 0.3) is 0 Å².